The maximum atomic E-state index is 4.81. The molecule has 1 fully saturated rings. The van der Waals surface area contributed by atoms with Crippen LogP contribution in [0.15, 0.2) is 24.5 Å². The van der Waals surface area contributed by atoms with Gasteiger partial charge in [0.15, 0.2) is 0 Å². The Bertz CT molecular complexity index is 800. The maximum Gasteiger partial charge on any atom is 0.124 e. The molecular weight excluding hydrogens is 274 g/mol. The highest BCUT2D eigenvalue weighted by molar-refractivity contribution is 5.75. The summed E-state index contributed by atoms with van der Waals surface area (Å²) >= 11 is 0. The van der Waals surface area contributed by atoms with Crippen LogP contribution < -0.4 is 0 Å². The smallest absolute Gasteiger partial charge is 0.124 e. The van der Waals surface area contributed by atoms with Crippen molar-refractivity contribution in [1.29, 1.82) is 0 Å². The normalized spacial score (nSPS) is 19.3. The van der Waals surface area contributed by atoms with Crippen molar-refractivity contribution in [2.45, 2.75) is 39.3 Å². The van der Waals surface area contributed by atoms with Crippen LogP contribution in [0.3, 0.4) is 0 Å². The van der Waals surface area contributed by atoms with Crippen molar-refractivity contribution in [3.63, 3.8) is 0 Å². The minimum atomic E-state index is 0.365. The summed E-state index contributed by atoms with van der Waals surface area (Å²) < 4.78 is 0. The van der Waals surface area contributed by atoms with E-state index >= 15 is 0 Å². The fourth-order valence-corrected chi connectivity index (χ4v) is 3.36. The van der Waals surface area contributed by atoms with Gasteiger partial charge in [-0.1, -0.05) is 6.07 Å². The zero-order valence-electron chi connectivity index (χ0n) is 13.1. The van der Waals surface area contributed by atoms with Gasteiger partial charge < -0.3 is 9.97 Å². The molecule has 2 aromatic heterocycles. The number of imidazole rings is 2. The van der Waals surface area contributed by atoms with Gasteiger partial charge in [-0.2, -0.15) is 0 Å². The lowest BCUT2D eigenvalue weighted by atomic mass is 10.2. The molecular formula is C17H21N5. The number of nitrogens with zero attached hydrogens (tertiary/aromatic N) is 3. The molecule has 0 unspecified atom stereocenters. The highest BCUT2D eigenvalue weighted by atomic mass is 15.2. The zero-order chi connectivity index (χ0) is 15.1. The highest BCUT2D eigenvalue weighted by Gasteiger charge is 2.29. The Hall–Kier alpha value is -2.14. The number of H-pyrrole nitrogens is 2. The average molecular weight is 295 g/mol. The maximum absolute atomic E-state index is 4.81. The van der Waals surface area contributed by atoms with Crippen LogP contribution >= 0.6 is 0 Å². The van der Waals surface area contributed by atoms with Crippen molar-refractivity contribution in [2.75, 3.05) is 6.54 Å². The number of aromatic nitrogens is 4. The molecule has 1 aliphatic rings. The van der Waals surface area contributed by atoms with Crippen molar-refractivity contribution < 1.29 is 0 Å². The molecule has 0 bridgehead atoms. The standard InChI is InChI=1S/C17H21N5/c1-11-5-6-13-14(8-11)21-17(20-13)16-4-3-7-22(16)9-15-12(2)18-10-19-15/h5-6,8,10,16H,3-4,7,9H2,1-2H3,(H,18,19)(H,20,21)/t16-/m0/s1. The first-order valence-corrected chi connectivity index (χ1v) is 7.90. The molecule has 0 radical (unpaired) electrons. The summed E-state index contributed by atoms with van der Waals surface area (Å²) in [5, 5.41) is 0. The molecule has 5 nitrogen and oxygen atoms in total. The number of likely N-dealkylation sites (tertiary alicyclic amines) is 1. The number of hydrogen-bond acceptors (Lipinski definition) is 3. The Kier molecular flexibility index (Phi) is 3.22. The van der Waals surface area contributed by atoms with E-state index in [1.54, 1.807) is 6.33 Å². The van der Waals surface area contributed by atoms with E-state index in [0.717, 1.165) is 47.8 Å². The van der Waals surface area contributed by atoms with Crippen LogP contribution in [0, 0.1) is 13.8 Å². The van der Waals surface area contributed by atoms with Gasteiger partial charge in [-0.25, -0.2) is 9.97 Å². The molecule has 2 N–H and O–H groups in total. The quantitative estimate of drug-likeness (QED) is 0.780. The third-order valence-electron chi connectivity index (χ3n) is 4.62. The molecule has 1 aliphatic heterocycles. The molecule has 0 amide bonds. The number of aryl methyl sites for hydroxylation is 2. The Balaban J connectivity index is 1.63. The lowest BCUT2D eigenvalue weighted by molar-refractivity contribution is 0.238. The fraction of sp³-hybridized carbons (Fsp3) is 0.412. The molecule has 0 aliphatic carbocycles. The van der Waals surface area contributed by atoms with Crippen molar-refractivity contribution in [3.05, 3.63) is 47.3 Å². The second-order valence-electron chi connectivity index (χ2n) is 6.25. The molecule has 22 heavy (non-hydrogen) atoms. The summed E-state index contributed by atoms with van der Waals surface area (Å²) in [4.78, 5) is 18.4. The van der Waals surface area contributed by atoms with Crippen LogP contribution in [0.1, 0.15) is 41.7 Å². The third-order valence-corrected chi connectivity index (χ3v) is 4.62. The van der Waals surface area contributed by atoms with E-state index in [1.807, 2.05) is 0 Å². The van der Waals surface area contributed by atoms with Crippen LogP contribution in [0.2, 0.25) is 0 Å². The number of benzene rings is 1. The van der Waals surface area contributed by atoms with E-state index in [1.165, 1.54) is 12.0 Å². The highest BCUT2D eigenvalue weighted by Crippen LogP contribution is 2.32. The van der Waals surface area contributed by atoms with Crippen LogP contribution in [0.25, 0.3) is 11.0 Å². The summed E-state index contributed by atoms with van der Waals surface area (Å²) in [6.07, 6.45) is 4.15. The van der Waals surface area contributed by atoms with Gasteiger partial charge in [0, 0.05) is 12.2 Å². The van der Waals surface area contributed by atoms with Crippen molar-refractivity contribution >= 4 is 11.0 Å². The van der Waals surface area contributed by atoms with Crippen molar-refractivity contribution in [3.8, 4) is 0 Å². The minimum Gasteiger partial charge on any atom is -0.348 e. The van der Waals surface area contributed by atoms with E-state index in [2.05, 4.69) is 51.9 Å². The van der Waals surface area contributed by atoms with E-state index < -0.39 is 0 Å². The van der Waals surface area contributed by atoms with Crippen LogP contribution in [-0.2, 0) is 6.54 Å². The third kappa shape index (κ3) is 2.31. The molecule has 0 spiro atoms. The zero-order valence-corrected chi connectivity index (χ0v) is 13.1. The molecule has 5 heteroatoms. The first-order valence-electron chi connectivity index (χ1n) is 7.90. The van der Waals surface area contributed by atoms with E-state index in [4.69, 9.17) is 4.98 Å². The number of nitrogens with one attached hydrogen (secondary N) is 2. The van der Waals surface area contributed by atoms with Gasteiger partial charge in [-0.3, -0.25) is 4.90 Å². The molecule has 1 aromatic carbocycles. The van der Waals surface area contributed by atoms with Crippen molar-refractivity contribution in [2.24, 2.45) is 0 Å². The topological polar surface area (TPSA) is 60.6 Å². The minimum absolute atomic E-state index is 0.365. The second kappa shape index (κ2) is 5.25. The summed E-state index contributed by atoms with van der Waals surface area (Å²) in [6, 6.07) is 6.75. The lowest BCUT2D eigenvalue weighted by Crippen LogP contribution is -2.24. The Morgan fingerprint density at radius 1 is 1.32 bits per heavy atom. The Labute approximate surface area is 129 Å². The molecule has 1 atom stereocenters. The van der Waals surface area contributed by atoms with Crippen LogP contribution in [0.4, 0.5) is 0 Å². The van der Waals surface area contributed by atoms with Crippen LogP contribution in [0.5, 0.6) is 0 Å². The predicted molar refractivity (Wildman–Crippen MR) is 86.5 cm³/mol. The van der Waals surface area contributed by atoms with Gasteiger partial charge in [0.25, 0.3) is 0 Å². The number of aromatic amines is 2. The SMILES string of the molecule is Cc1ccc2nc([C@@H]3CCCN3Cc3nc[nH]c3C)[nH]c2c1. The Morgan fingerprint density at radius 2 is 2.23 bits per heavy atom. The first-order chi connectivity index (χ1) is 10.7. The van der Waals surface area contributed by atoms with Gasteiger partial charge in [0.05, 0.1) is 29.1 Å². The summed E-state index contributed by atoms with van der Waals surface area (Å²) in [5.41, 5.74) is 5.75. The Morgan fingerprint density at radius 3 is 3.05 bits per heavy atom. The van der Waals surface area contributed by atoms with E-state index in [-0.39, 0.29) is 0 Å². The first kappa shape index (κ1) is 13.5. The molecule has 1 saturated heterocycles. The molecule has 3 heterocycles. The number of hydrogen-bond donors (Lipinski definition) is 2. The summed E-state index contributed by atoms with van der Waals surface area (Å²) in [5.74, 6) is 1.09. The largest absolute Gasteiger partial charge is 0.348 e. The number of fused-ring (bicyclic) bond motifs is 1. The molecule has 0 saturated carbocycles. The monoisotopic (exact) mass is 295 g/mol. The molecule has 114 valence electrons. The summed E-state index contributed by atoms with van der Waals surface area (Å²) in [7, 11) is 0. The number of rotatable bonds is 3. The van der Waals surface area contributed by atoms with Gasteiger partial charge in [0.2, 0.25) is 0 Å². The molecule has 3 aromatic rings. The lowest BCUT2D eigenvalue weighted by Gasteiger charge is -2.22. The van der Waals surface area contributed by atoms with Gasteiger partial charge in [-0.15, -0.1) is 0 Å². The summed E-state index contributed by atoms with van der Waals surface area (Å²) in [6.45, 7) is 6.18. The van der Waals surface area contributed by atoms with Gasteiger partial charge in [0.1, 0.15) is 5.82 Å². The van der Waals surface area contributed by atoms with E-state index in [9.17, 15) is 0 Å². The average Bonchev–Trinajstić information content (AvgIpc) is 3.19. The van der Waals surface area contributed by atoms with Gasteiger partial charge in [-0.05, 0) is 50.9 Å². The predicted octanol–water partition coefficient (Wildman–Crippen LogP) is 3.24. The van der Waals surface area contributed by atoms with Crippen LogP contribution in [-0.4, -0.2) is 31.4 Å². The molecule has 4 rings (SSSR count). The fourth-order valence-electron chi connectivity index (χ4n) is 3.36. The van der Waals surface area contributed by atoms with Gasteiger partial charge >= 0.3 is 0 Å². The van der Waals surface area contributed by atoms with E-state index in [0.29, 0.717) is 6.04 Å². The second-order valence-corrected chi connectivity index (χ2v) is 6.25. The van der Waals surface area contributed by atoms with Crippen molar-refractivity contribution in [1.82, 2.24) is 24.8 Å².